The van der Waals surface area contributed by atoms with Crippen molar-refractivity contribution in [3.63, 3.8) is 0 Å². The first-order chi connectivity index (χ1) is 52.4. The van der Waals surface area contributed by atoms with Crippen LogP contribution < -0.4 is 44.2 Å². The number of benzene rings is 8. The van der Waals surface area contributed by atoms with Crippen LogP contribution >= 0.6 is 0 Å². The Morgan fingerprint density at radius 3 is 0.954 bits per heavy atom. The molecule has 0 saturated heterocycles. The number of carbonyl (C=O) groups is 4. The lowest BCUT2D eigenvalue weighted by molar-refractivity contribution is -0.119. The molecule has 4 aromatic heterocycles. The summed E-state index contributed by atoms with van der Waals surface area (Å²) in [4.78, 5) is 85.8. The third-order valence-electron chi connectivity index (χ3n) is 18.0. The molecule has 8 aromatic carbocycles. The second-order valence-corrected chi connectivity index (χ2v) is 27.2. The molecule has 0 aliphatic heterocycles. The molecule has 20 heteroatoms. The van der Waals surface area contributed by atoms with Crippen molar-refractivity contribution in [2.24, 2.45) is 17.8 Å². The van der Waals surface area contributed by atoms with E-state index in [0.29, 0.717) is 90.5 Å². The molecule has 12 aromatic rings. The molecule has 0 spiro atoms. The predicted octanol–water partition coefficient (Wildman–Crippen LogP) is 17.1. The van der Waals surface area contributed by atoms with Crippen molar-refractivity contribution in [1.29, 1.82) is 0 Å². The van der Waals surface area contributed by atoms with Crippen LogP contribution in [0.25, 0.3) is 45.0 Å². The molecule has 13 rings (SSSR count). The lowest BCUT2D eigenvalue weighted by Gasteiger charge is -2.21. The van der Waals surface area contributed by atoms with Crippen LogP contribution in [0.5, 0.6) is 0 Å². The van der Waals surface area contributed by atoms with Crippen LogP contribution in [0.2, 0.25) is 0 Å². The second-order valence-electron chi connectivity index (χ2n) is 27.2. The Morgan fingerprint density at radius 2 is 0.667 bits per heavy atom. The molecule has 1 aliphatic carbocycles. The van der Waals surface area contributed by atoms with Crippen molar-refractivity contribution in [3.8, 4) is 45.0 Å². The molecular formula is C88H94N16O4. The number of hydrogen-bond acceptors (Lipinski definition) is 16. The standard InChI is InChI=1S/C25H28N4O.2C22H24N4O.C19H18N4O/c26-21-13-11-20(12-14-21)23-17-27-25(22(28-23)15-18-7-3-1-4-8-18)29-24(30)16-19-9-5-2-6-10-19;1-15(2)12-21(27)26-22-19(13-16-6-4-3-5-7-16)25-20(14-24-22)17-8-10-18(23)11-9-17;1-3-15(2)22(27)26-21-19(13-16-7-5-4-6-8-16)25-20(14-24-21)17-9-11-18(23)12-10-17;1-13(24)22-19-17(11-14-5-3-2-4-6-14)23-18(12-21-19)15-7-9-16(20)10-8-15/h1,3-4,7-8,11-14,17,19H,2,5-6,9-10,15-16,26H2,(H,27,29,30);3-11,14-15H,12-13,23H2,1-2H3,(H,24,26,27);4-12,14-15H,3,13,23H2,1-2H3,(H,24,26,27);2-10,12H,11,20H2,1H3,(H,21,22,24). The number of carbonyl (C=O) groups excluding carboxylic acids is 4. The molecule has 108 heavy (non-hydrogen) atoms. The quantitative estimate of drug-likeness (QED) is 0.0292. The highest BCUT2D eigenvalue weighted by Crippen LogP contribution is 2.31. The molecular weight excluding hydrogens is 1350 g/mol. The molecule has 20 nitrogen and oxygen atoms in total. The Kier molecular flexibility index (Phi) is 28.3. The number of rotatable bonds is 22. The normalized spacial score (nSPS) is 11.9. The Balaban J connectivity index is 0.000000154. The van der Waals surface area contributed by atoms with Crippen LogP contribution in [0.4, 0.5) is 46.0 Å². The van der Waals surface area contributed by atoms with Gasteiger partial charge in [0.2, 0.25) is 23.6 Å². The average molecular weight is 1440 g/mol. The number of anilines is 8. The summed E-state index contributed by atoms with van der Waals surface area (Å²) in [6.07, 6.45) is 17.0. The van der Waals surface area contributed by atoms with Gasteiger partial charge in [-0.15, -0.1) is 0 Å². The van der Waals surface area contributed by atoms with Crippen LogP contribution in [0.3, 0.4) is 0 Å². The van der Waals surface area contributed by atoms with Crippen LogP contribution in [-0.4, -0.2) is 63.5 Å². The molecule has 0 bridgehead atoms. The van der Waals surface area contributed by atoms with Gasteiger partial charge in [-0.3, -0.25) is 19.2 Å². The largest absolute Gasteiger partial charge is 0.399 e. The van der Waals surface area contributed by atoms with E-state index in [1.165, 1.54) is 26.2 Å². The fourth-order valence-electron chi connectivity index (χ4n) is 11.9. The minimum absolute atomic E-state index is 0.0331. The first-order valence-electron chi connectivity index (χ1n) is 36.6. The third-order valence-corrected chi connectivity index (χ3v) is 18.0. The van der Waals surface area contributed by atoms with Gasteiger partial charge < -0.3 is 44.2 Å². The van der Waals surface area contributed by atoms with Gasteiger partial charge in [0, 0.05) is 96.4 Å². The van der Waals surface area contributed by atoms with E-state index in [9.17, 15) is 19.2 Å². The number of nitrogen functional groups attached to an aromatic ring is 4. The minimum Gasteiger partial charge on any atom is -0.399 e. The van der Waals surface area contributed by atoms with Gasteiger partial charge >= 0.3 is 0 Å². The van der Waals surface area contributed by atoms with E-state index in [0.717, 1.165) is 109 Å². The summed E-state index contributed by atoms with van der Waals surface area (Å²) in [6.45, 7) is 9.38. The summed E-state index contributed by atoms with van der Waals surface area (Å²) < 4.78 is 0. The highest BCUT2D eigenvalue weighted by molar-refractivity contribution is 5.93. The zero-order chi connectivity index (χ0) is 76.2. The molecule has 1 unspecified atom stereocenters. The molecule has 550 valence electrons. The number of nitrogens with zero attached hydrogens (tertiary/aromatic N) is 8. The van der Waals surface area contributed by atoms with E-state index in [-0.39, 0.29) is 35.5 Å². The van der Waals surface area contributed by atoms with Gasteiger partial charge in [0.15, 0.2) is 23.3 Å². The number of hydrogen-bond donors (Lipinski definition) is 8. The van der Waals surface area contributed by atoms with Crippen LogP contribution in [0.1, 0.15) is 131 Å². The number of nitrogens with two attached hydrogens (primary N) is 4. The Hall–Kier alpha value is -12.8. The summed E-state index contributed by atoms with van der Waals surface area (Å²) in [7, 11) is 0. The van der Waals surface area contributed by atoms with Crippen LogP contribution in [0, 0.1) is 17.8 Å². The predicted molar refractivity (Wildman–Crippen MR) is 435 cm³/mol. The van der Waals surface area contributed by atoms with Crippen molar-refractivity contribution in [2.75, 3.05) is 44.2 Å². The molecule has 0 radical (unpaired) electrons. The second kappa shape index (κ2) is 39.3. The van der Waals surface area contributed by atoms with Crippen molar-refractivity contribution in [3.05, 3.63) is 288 Å². The Morgan fingerprint density at radius 1 is 0.380 bits per heavy atom. The van der Waals surface area contributed by atoms with E-state index in [1.807, 2.05) is 234 Å². The van der Waals surface area contributed by atoms with E-state index >= 15 is 0 Å². The number of aromatic nitrogens is 8. The maximum atomic E-state index is 12.7. The zero-order valence-corrected chi connectivity index (χ0v) is 61.8. The van der Waals surface area contributed by atoms with E-state index in [1.54, 1.807) is 24.8 Å². The number of nitrogens with one attached hydrogen (secondary N) is 4. The highest BCUT2D eigenvalue weighted by Gasteiger charge is 2.22. The summed E-state index contributed by atoms with van der Waals surface area (Å²) in [5.74, 6) is 2.55. The smallest absolute Gasteiger partial charge is 0.228 e. The average Bonchev–Trinajstić information content (AvgIpc) is 0.699. The van der Waals surface area contributed by atoms with Gasteiger partial charge in [0.25, 0.3) is 0 Å². The molecule has 1 fully saturated rings. The minimum atomic E-state index is -0.168. The van der Waals surface area contributed by atoms with Gasteiger partial charge in [-0.25, -0.2) is 39.9 Å². The first kappa shape index (κ1) is 77.8. The Bertz CT molecular complexity index is 4880. The van der Waals surface area contributed by atoms with Gasteiger partial charge in [-0.2, -0.15) is 0 Å². The van der Waals surface area contributed by atoms with Crippen molar-refractivity contribution < 1.29 is 19.2 Å². The van der Waals surface area contributed by atoms with Crippen molar-refractivity contribution in [2.45, 2.75) is 112 Å². The molecule has 1 atom stereocenters. The summed E-state index contributed by atoms with van der Waals surface area (Å²) in [6, 6.07) is 70.3. The van der Waals surface area contributed by atoms with E-state index < -0.39 is 0 Å². The van der Waals surface area contributed by atoms with Gasteiger partial charge in [-0.1, -0.05) is 217 Å². The lowest BCUT2D eigenvalue weighted by atomic mass is 9.87. The molecule has 4 heterocycles. The van der Waals surface area contributed by atoms with Gasteiger partial charge in [-0.05, 0) is 102 Å². The maximum absolute atomic E-state index is 12.7. The zero-order valence-electron chi connectivity index (χ0n) is 61.8. The van der Waals surface area contributed by atoms with Crippen molar-refractivity contribution >= 4 is 69.6 Å². The lowest BCUT2D eigenvalue weighted by Crippen LogP contribution is -2.21. The monoisotopic (exact) mass is 1440 g/mol. The fraction of sp³-hybridized carbons (Fsp3) is 0.227. The first-order valence-corrected chi connectivity index (χ1v) is 36.6. The highest BCUT2D eigenvalue weighted by atomic mass is 16.2. The molecule has 12 N–H and O–H groups in total. The fourth-order valence-corrected chi connectivity index (χ4v) is 11.9. The summed E-state index contributed by atoms with van der Waals surface area (Å²) in [5, 5.41) is 11.6. The third kappa shape index (κ3) is 24.1. The Labute approximate surface area is 632 Å². The number of amides is 4. The van der Waals surface area contributed by atoms with Crippen molar-refractivity contribution in [1.82, 2.24) is 39.9 Å². The molecule has 1 saturated carbocycles. The molecule has 1 aliphatic rings. The van der Waals surface area contributed by atoms with Gasteiger partial charge in [0.05, 0.1) is 70.3 Å². The SMILES string of the molecule is CC(=O)Nc1ncc(-c2ccc(N)cc2)nc1Cc1ccccc1.CC(C)CC(=O)Nc1ncc(-c2ccc(N)cc2)nc1Cc1ccccc1.CCC(C)C(=O)Nc1ncc(-c2ccc(N)cc2)nc1Cc1ccccc1.Nc1ccc(-c2cnc(NC(=O)CC3CCCCC3)c(Cc3ccccc3)n2)cc1. The maximum Gasteiger partial charge on any atom is 0.228 e. The summed E-state index contributed by atoms with van der Waals surface area (Å²) in [5.41, 5.74) is 40.1. The topological polar surface area (TPSA) is 324 Å². The molecule has 4 amide bonds. The van der Waals surface area contributed by atoms with Crippen LogP contribution in [-0.2, 0) is 44.9 Å². The van der Waals surface area contributed by atoms with E-state index in [4.69, 9.17) is 42.9 Å². The summed E-state index contributed by atoms with van der Waals surface area (Å²) >= 11 is 0. The van der Waals surface area contributed by atoms with Gasteiger partial charge in [0.1, 0.15) is 0 Å². The van der Waals surface area contributed by atoms with E-state index in [2.05, 4.69) is 53.3 Å². The van der Waals surface area contributed by atoms with Crippen LogP contribution in [0.15, 0.2) is 243 Å².